The molecule has 0 saturated heterocycles. The number of benzene rings is 1. The van der Waals surface area contributed by atoms with Gasteiger partial charge in [0, 0.05) is 5.56 Å². The molecular weight excluding hydrogens is 224 g/mol. The molecule has 0 N–H and O–H groups in total. The molecular formula is C16H22O2. The lowest BCUT2D eigenvalue weighted by atomic mass is 9.86. The lowest BCUT2D eigenvalue weighted by Gasteiger charge is -2.28. The van der Waals surface area contributed by atoms with Crippen molar-refractivity contribution in [3.63, 3.8) is 0 Å². The van der Waals surface area contributed by atoms with Gasteiger partial charge in [-0.25, -0.2) is 0 Å². The van der Waals surface area contributed by atoms with Crippen molar-refractivity contribution in [3.05, 3.63) is 29.8 Å². The summed E-state index contributed by atoms with van der Waals surface area (Å²) in [5.41, 5.74) is 0.747. The number of hydrogen-bond acceptors (Lipinski definition) is 2. The molecule has 0 atom stereocenters. The van der Waals surface area contributed by atoms with E-state index in [4.69, 9.17) is 4.74 Å². The van der Waals surface area contributed by atoms with E-state index >= 15 is 0 Å². The van der Waals surface area contributed by atoms with E-state index in [1.807, 2.05) is 24.3 Å². The van der Waals surface area contributed by atoms with Crippen molar-refractivity contribution < 1.29 is 9.53 Å². The van der Waals surface area contributed by atoms with Gasteiger partial charge in [-0.3, -0.25) is 4.79 Å². The summed E-state index contributed by atoms with van der Waals surface area (Å²) in [5.74, 6) is 1.88. The van der Waals surface area contributed by atoms with Crippen LogP contribution < -0.4 is 4.74 Å². The Morgan fingerprint density at radius 2 is 1.78 bits per heavy atom. The zero-order chi connectivity index (χ0) is 13.0. The fourth-order valence-corrected chi connectivity index (χ4v) is 2.62. The van der Waals surface area contributed by atoms with Crippen molar-refractivity contribution in [2.24, 2.45) is 5.92 Å². The topological polar surface area (TPSA) is 26.3 Å². The van der Waals surface area contributed by atoms with Crippen molar-refractivity contribution in [1.82, 2.24) is 0 Å². The van der Waals surface area contributed by atoms with E-state index < -0.39 is 0 Å². The number of carbonyl (C=O) groups excluding carboxylic acids is 1. The van der Waals surface area contributed by atoms with Crippen LogP contribution in [0.1, 0.15) is 56.3 Å². The minimum Gasteiger partial charge on any atom is -0.490 e. The Kier molecular flexibility index (Phi) is 4.40. The van der Waals surface area contributed by atoms with E-state index in [9.17, 15) is 4.79 Å². The van der Waals surface area contributed by atoms with Crippen LogP contribution in [0, 0.1) is 5.92 Å². The minimum atomic E-state index is 0.102. The molecule has 2 heteroatoms. The van der Waals surface area contributed by atoms with Crippen LogP contribution in [0.25, 0.3) is 0 Å². The van der Waals surface area contributed by atoms with Gasteiger partial charge in [0.1, 0.15) is 5.75 Å². The zero-order valence-electron chi connectivity index (χ0n) is 11.3. The quantitative estimate of drug-likeness (QED) is 0.743. The van der Waals surface area contributed by atoms with Gasteiger partial charge in [-0.15, -0.1) is 0 Å². The highest BCUT2D eigenvalue weighted by Crippen LogP contribution is 2.29. The first-order valence-electron chi connectivity index (χ1n) is 6.96. The summed E-state index contributed by atoms with van der Waals surface area (Å²) in [4.78, 5) is 11.2. The molecule has 0 amide bonds. The Morgan fingerprint density at radius 3 is 2.28 bits per heavy atom. The SMILES string of the molecule is CCC1CCC(Oc2ccc(C(C)=O)cc2)CC1. The van der Waals surface area contributed by atoms with Crippen molar-refractivity contribution in [1.29, 1.82) is 0 Å². The molecule has 1 aromatic carbocycles. The Bertz CT molecular complexity index is 386. The molecule has 0 unspecified atom stereocenters. The van der Waals surface area contributed by atoms with Gasteiger partial charge in [-0.05, 0) is 62.8 Å². The Morgan fingerprint density at radius 1 is 1.17 bits per heavy atom. The van der Waals surface area contributed by atoms with Crippen molar-refractivity contribution in [3.8, 4) is 5.75 Å². The van der Waals surface area contributed by atoms with Gasteiger partial charge < -0.3 is 4.74 Å². The van der Waals surface area contributed by atoms with Gasteiger partial charge in [0.15, 0.2) is 5.78 Å². The number of Topliss-reactive ketones (excluding diaryl/α,β-unsaturated/α-hetero) is 1. The number of hydrogen-bond donors (Lipinski definition) is 0. The van der Waals surface area contributed by atoms with Crippen LogP contribution in [0.5, 0.6) is 5.75 Å². The second-order valence-electron chi connectivity index (χ2n) is 5.25. The number of carbonyl (C=O) groups is 1. The molecule has 0 radical (unpaired) electrons. The predicted octanol–water partition coefficient (Wildman–Crippen LogP) is 4.24. The molecule has 98 valence electrons. The Balaban J connectivity index is 1.88. The third-order valence-electron chi connectivity index (χ3n) is 3.93. The molecule has 0 aromatic heterocycles. The lowest BCUT2D eigenvalue weighted by Crippen LogP contribution is -2.23. The molecule has 2 rings (SSSR count). The Hall–Kier alpha value is -1.31. The first-order chi connectivity index (χ1) is 8.69. The first-order valence-corrected chi connectivity index (χ1v) is 6.96. The summed E-state index contributed by atoms with van der Waals surface area (Å²) in [6, 6.07) is 7.50. The van der Waals surface area contributed by atoms with Gasteiger partial charge in [0.05, 0.1) is 6.10 Å². The van der Waals surface area contributed by atoms with Gasteiger partial charge in [-0.2, -0.15) is 0 Å². The molecule has 0 bridgehead atoms. The van der Waals surface area contributed by atoms with Crippen LogP contribution in [-0.2, 0) is 0 Å². The van der Waals surface area contributed by atoms with Crippen LogP contribution in [0.3, 0.4) is 0 Å². The smallest absolute Gasteiger partial charge is 0.159 e. The number of ketones is 1. The van der Waals surface area contributed by atoms with E-state index in [2.05, 4.69) is 6.92 Å². The Labute approximate surface area is 109 Å². The maximum Gasteiger partial charge on any atom is 0.159 e. The molecule has 2 nitrogen and oxygen atoms in total. The summed E-state index contributed by atoms with van der Waals surface area (Å²) in [7, 11) is 0. The monoisotopic (exact) mass is 246 g/mol. The van der Waals surface area contributed by atoms with Crippen LogP contribution in [0.2, 0.25) is 0 Å². The van der Waals surface area contributed by atoms with E-state index in [-0.39, 0.29) is 5.78 Å². The molecule has 18 heavy (non-hydrogen) atoms. The van der Waals surface area contributed by atoms with Crippen LogP contribution >= 0.6 is 0 Å². The fraction of sp³-hybridized carbons (Fsp3) is 0.562. The highest BCUT2D eigenvalue weighted by atomic mass is 16.5. The van der Waals surface area contributed by atoms with Gasteiger partial charge >= 0.3 is 0 Å². The second-order valence-corrected chi connectivity index (χ2v) is 5.25. The average Bonchev–Trinajstić information content (AvgIpc) is 2.40. The van der Waals surface area contributed by atoms with E-state index in [1.54, 1.807) is 6.92 Å². The third-order valence-corrected chi connectivity index (χ3v) is 3.93. The summed E-state index contributed by atoms with van der Waals surface area (Å²) in [6.45, 7) is 3.86. The highest BCUT2D eigenvalue weighted by Gasteiger charge is 2.21. The van der Waals surface area contributed by atoms with Crippen molar-refractivity contribution >= 4 is 5.78 Å². The molecule has 1 saturated carbocycles. The predicted molar refractivity (Wildman–Crippen MR) is 73.1 cm³/mol. The van der Waals surface area contributed by atoms with E-state index in [1.165, 1.54) is 19.3 Å². The average molecular weight is 246 g/mol. The molecule has 0 spiro atoms. The van der Waals surface area contributed by atoms with Crippen LogP contribution in [0.15, 0.2) is 24.3 Å². The maximum atomic E-state index is 11.2. The normalized spacial score (nSPS) is 23.7. The summed E-state index contributed by atoms with van der Waals surface area (Å²) in [6.07, 6.45) is 6.54. The third kappa shape index (κ3) is 3.34. The zero-order valence-corrected chi connectivity index (χ0v) is 11.3. The largest absolute Gasteiger partial charge is 0.490 e. The maximum absolute atomic E-state index is 11.2. The standard InChI is InChI=1S/C16H22O2/c1-3-13-4-8-15(9-5-13)18-16-10-6-14(7-11-16)12(2)17/h6-7,10-11,13,15H,3-5,8-9H2,1-2H3. The van der Waals surface area contributed by atoms with Crippen LogP contribution in [0.4, 0.5) is 0 Å². The fourth-order valence-electron chi connectivity index (χ4n) is 2.62. The minimum absolute atomic E-state index is 0.102. The molecule has 1 aromatic rings. The molecule has 0 heterocycles. The number of rotatable bonds is 4. The molecule has 0 aliphatic heterocycles. The van der Waals surface area contributed by atoms with Gasteiger partial charge in [-0.1, -0.05) is 13.3 Å². The molecule has 1 fully saturated rings. The first kappa shape index (κ1) is 13.1. The van der Waals surface area contributed by atoms with Crippen LogP contribution in [-0.4, -0.2) is 11.9 Å². The van der Waals surface area contributed by atoms with Gasteiger partial charge in [0.2, 0.25) is 0 Å². The molecule has 1 aliphatic rings. The highest BCUT2D eigenvalue weighted by molar-refractivity contribution is 5.94. The van der Waals surface area contributed by atoms with Gasteiger partial charge in [0.25, 0.3) is 0 Å². The van der Waals surface area contributed by atoms with E-state index in [0.29, 0.717) is 6.10 Å². The summed E-state index contributed by atoms with van der Waals surface area (Å²) >= 11 is 0. The second kappa shape index (κ2) is 6.03. The van der Waals surface area contributed by atoms with Crippen molar-refractivity contribution in [2.75, 3.05) is 0 Å². The summed E-state index contributed by atoms with van der Waals surface area (Å²) < 4.78 is 5.97. The number of ether oxygens (including phenoxy) is 1. The molecule has 1 aliphatic carbocycles. The lowest BCUT2D eigenvalue weighted by molar-refractivity contribution is 0.101. The summed E-state index contributed by atoms with van der Waals surface area (Å²) in [5, 5.41) is 0. The van der Waals surface area contributed by atoms with Crippen molar-refractivity contribution in [2.45, 2.75) is 52.1 Å². The van der Waals surface area contributed by atoms with E-state index in [0.717, 1.165) is 30.1 Å².